The average Bonchev–Trinajstić information content (AvgIpc) is 2.48. The third kappa shape index (κ3) is 4.76. The van der Waals surface area contributed by atoms with Crippen LogP contribution in [0.5, 0.6) is 0 Å². The van der Waals surface area contributed by atoms with Crippen LogP contribution in [0.2, 0.25) is 5.02 Å². The van der Waals surface area contributed by atoms with Gasteiger partial charge in [-0.05, 0) is 42.0 Å². The number of carbonyl (C=O) groups is 1. The second-order valence-electron chi connectivity index (χ2n) is 4.57. The largest absolute Gasteiger partial charge is 0.381 e. The number of anilines is 2. The second kappa shape index (κ2) is 7.48. The molecule has 2 aromatic rings. The highest BCUT2D eigenvalue weighted by Crippen LogP contribution is 2.23. The molecule has 0 aliphatic heterocycles. The van der Waals surface area contributed by atoms with Crippen molar-refractivity contribution in [1.82, 2.24) is 0 Å². The van der Waals surface area contributed by atoms with Crippen LogP contribution in [0.25, 0.3) is 0 Å². The number of carbonyl (C=O) groups excluding carboxylic acids is 1. The molecule has 0 heterocycles. The Hall–Kier alpha value is -1.52. The lowest BCUT2D eigenvalue weighted by molar-refractivity contribution is -0.115. The molecule has 0 saturated heterocycles. The highest BCUT2D eigenvalue weighted by atomic mass is 79.9. The molecular weight excluding hydrogens is 352 g/mol. The lowest BCUT2D eigenvalue weighted by atomic mass is 10.2. The molecule has 0 bridgehead atoms. The zero-order valence-corrected chi connectivity index (χ0v) is 14.0. The molecule has 3 nitrogen and oxygen atoms in total. The molecule has 110 valence electrons. The van der Waals surface area contributed by atoms with Crippen molar-refractivity contribution >= 4 is 44.8 Å². The van der Waals surface area contributed by atoms with Crippen molar-refractivity contribution < 1.29 is 4.79 Å². The van der Waals surface area contributed by atoms with Crippen LogP contribution in [0.15, 0.2) is 46.9 Å². The van der Waals surface area contributed by atoms with Crippen LogP contribution in [0.3, 0.4) is 0 Å². The van der Waals surface area contributed by atoms with Crippen molar-refractivity contribution in [1.29, 1.82) is 0 Å². The van der Waals surface area contributed by atoms with Crippen molar-refractivity contribution in [3.63, 3.8) is 0 Å². The fourth-order valence-electron chi connectivity index (χ4n) is 1.83. The number of rotatable bonds is 5. The molecule has 0 radical (unpaired) electrons. The molecule has 0 aromatic heterocycles. The Morgan fingerprint density at radius 2 is 1.95 bits per heavy atom. The van der Waals surface area contributed by atoms with Crippen molar-refractivity contribution in [3.8, 4) is 0 Å². The molecule has 1 amide bonds. The SMILES string of the molecule is CCC(=O)Nc1cccc(NCc2cc(Br)ccc2Cl)c1. The summed E-state index contributed by atoms with van der Waals surface area (Å²) in [4.78, 5) is 11.4. The van der Waals surface area contributed by atoms with Crippen LogP contribution in [0, 0.1) is 0 Å². The minimum Gasteiger partial charge on any atom is -0.381 e. The molecule has 2 aromatic carbocycles. The summed E-state index contributed by atoms with van der Waals surface area (Å²) in [6.45, 7) is 2.44. The van der Waals surface area contributed by atoms with Gasteiger partial charge in [0.15, 0.2) is 0 Å². The van der Waals surface area contributed by atoms with Gasteiger partial charge in [-0.2, -0.15) is 0 Å². The summed E-state index contributed by atoms with van der Waals surface area (Å²) in [6, 6.07) is 13.4. The van der Waals surface area contributed by atoms with Gasteiger partial charge in [0.05, 0.1) is 0 Å². The number of amides is 1. The van der Waals surface area contributed by atoms with E-state index in [1.807, 2.05) is 49.4 Å². The van der Waals surface area contributed by atoms with E-state index in [1.165, 1.54) is 0 Å². The molecule has 0 aliphatic rings. The summed E-state index contributed by atoms with van der Waals surface area (Å²) in [5.74, 6) is 0.00202. The number of benzene rings is 2. The quantitative estimate of drug-likeness (QED) is 0.775. The van der Waals surface area contributed by atoms with Gasteiger partial charge in [-0.15, -0.1) is 0 Å². The lowest BCUT2D eigenvalue weighted by Gasteiger charge is -2.10. The second-order valence-corrected chi connectivity index (χ2v) is 5.89. The Morgan fingerprint density at radius 1 is 1.19 bits per heavy atom. The van der Waals surface area contributed by atoms with Crippen molar-refractivity contribution in [2.45, 2.75) is 19.9 Å². The first kappa shape index (κ1) is 15.9. The summed E-state index contributed by atoms with van der Waals surface area (Å²) < 4.78 is 0.993. The average molecular weight is 368 g/mol. The van der Waals surface area contributed by atoms with Crippen molar-refractivity contribution in [2.24, 2.45) is 0 Å². The smallest absolute Gasteiger partial charge is 0.224 e. The van der Waals surface area contributed by atoms with Gasteiger partial charge in [0, 0.05) is 33.8 Å². The van der Waals surface area contributed by atoms with Gasteiger partial charge in [0.2, 0.25) is 5.91 Å². The summed E-state index contributed by atoms with van der Waals surface area (Å²) in [5.41, 5.74) is 2.72. The number of nitrogens with one attached hydrogen (secondary N) is 2. The first-order chi connectivity index (χ1) is 10.1. The molecule has 0 spiro atoms. The van der Waals surface area contributed by atoms with Crippen LogP contribution in [-0.4, -0.2) is 5.91 Å². The molecule has 0 atom stereocenters. The molecule has 2 rings (SSSR count). The minimum absolute atomic E-state index is 0.00202. The highest BCUT2D eigenvalue weighted by Gasteiger charge is 2.03. The van der Waals surface area contributed by atoms with E-state index in [2.05, 4.69) is 26.6 Å². The summed E-state index contributed by atoms with van der Waals surface area (Å²) in [7, 11) is 0. The minimum atomic E-state index is 0.00202. The summed E-state index contributed by atoms with van der Waals surface area (Å²) in [5, 5.41) is 6.87. The van der Waals surface area contributed by atoms with Crippen LogP contribution < -0.4 is 10.6 Å². The maximum Gasteiger partial charge on any atom is 0.224 e. The first-order valence-electron chi connectivity index (χ1n) is 6.66. The van der Waals surface area contributed by atoms with Gasteiger partial charge in [0.1, 0.15) is 0 Å². The molecular formula is C16H16BrClN2O. The predicted octanol–water partition coefficient (Wildman–Crippen LogP) is 5.06. The third-order valence-corrected chi connectivity index (χ3v) is 3.82. The van der Waals surface area contributed by atoms with Gasteiger partial charge in [0.25, 0.3) is 0 Å². The fraction of sp³-hybridized carbons (Fsp3) is 0.188. The number of halogens is 2. The molecule has 5 heteroatoms. The van der Waals surface area contributed by atoms with Crippen LogP contribution in [0.4, 0.5) is 11.4 Å². The molecule has 0 aliphatic carbocycles. The third-order valence-electron chi connectivity index (χ3n) is 2.96. The fourth-order valence-corrected chi connectivity index (χ4v) is 2.43. The zero-order chi connectivity index (χ0) is 15.2. The van der Waals surface area contributed by atoms with Gasteiger partial charge in [-0.3, -0.25) is 4.79 Å². The van der Waals surface area contributed by atoms with Gasteiger partial charge in [-0.25, -0.2) is 0 Å². The van der Waals surface area contributed by atoms with Crippen LogP contribution >= 0.6 is 27.5 Å². The summed E-state index contributed by atoms with van der Waals surface area (Å²) >= 11 is 9.60. The maximum absolute atomic E-state index is 11.4. The molecule has 0 saturated carbocycles. The van der Waals surface area contributed by atoms with E-state index in [-0.39, 0.29) is 5.91 Å². The summed E-state index contributed by atoms with van der Waals surface area (Å²) in [6.07, 6.45) is 0.464. The van der Waals surface area contributed by atoms with E-state index in [4.69, 9.17) is 11.6 Å². The van der Waals surface area contributed by atoms with E-state index in [1.54, 1.807) is 0 Å². The van der Waals surface area contributed by atoms with Gasteiger partial charge < -0.3 is 10.6 Å². The van der Waals surface area contributed by atoms with E-state index in [0.717, 1.165) is 26.4 Å². The number of hydrogen-bond donors (Lipinski definition) is 2. The Bertz CT molecular complexity index is 646. The monoisotopic (exact) mass is 366 g/mol. The van der Waals surface area contributed by atoms with Gasteiger partial charge in [-0.1, -0.05) is 40.5 Å². The predicted molar refractivity (Wildman–Crippen MR) is 91.8 cm³/mol. The van der Waals surface area contributed by atoms with E-state index in [9.17, 15) is 4.79 Å². The maximum atomic E-state index is 11.4. The van der Waals surface area contributed by atoms with E-state index in [0.29, 0.717) is 13.0 Å². The zero-order valence-electron chi connectivity index (χ0n) is 11.6. The lowest BCUT2D eigenvalue weighted by Crippen LogP contribution is -2.09. The molecule has 0 fully saturated rings. The van der Waals surface area contributed by atoms with Crippen molar-refractivity contribution in [2.75, 3.05) is 10.6 Å². The standard InChI is InChI=1S/C16H16BrClN2O/c1-2-16(21)20-14-5-3-4-13(9-14)19-10-11-8-12(17)6-7-15(11)18/h3-9,19H,2,10H2,1H3,(H,20,21). The Balaban J connectivity index is 2.04. The topological polar surface area (TPSA) is 41.1 Å². The molecule has 21 heavy (non-hydrogen) atoms. The Kier molecular flexibility index (Phi) is 5.65. The van der Waals surface area contributed by atoms with Crippen LogP contribution in [-0.2, 0) is 11.3 Å². The Morgan fingerprint density at radius 3 is 2.71 bits per heavy atom. The number of hydrogen-bond acceptors (Lipinski definition) is 2. The van der Waals surface area contributed by atoms with Crippen LogP contribution in [0.1, 0.15) is 18.9 Å². The molecule has 0 unspecified atom stereocenters. The Labute approximate surface area is 137 Å². The molecule has 2 N–H and O–H groups in total. The first-order valence-corrected chi connectivity index (χ1v) is 7.83. The van der Waals surface area contributed by atoms with E-state index < -0.39 is 0 Å². The highest BCUT2D eigenvalue weighted by molar-refractivity contribution is 9.10. The van der Waals surface area contributed by atoms with E-state index >= 15 is 0 Å². The normalized spacial score (nSPS) is 10.2. The van der Waals surface area contributed by atoms with Crippen molar-refractivity contribution in [3.05, 3.63) is 57.5 Å². The van der Waals surface area contributed by atoms with Gasteiger partial charge >= 0.3 is 0 Å².